The summed E-state index contributed by atoms with van der Waals surface area (Å²) in [6, 6.07) is 0. The summed E-state index contributed by atoms with van der Waals surface area (Å²) >= 11 is 0. The Hall–Kier alpha value is -1.40. The predicted molar refractivity (Wildman–Crippen MR) is 67.3 cm³/mol. The van der Waals surface area contributed by atoms with E-state index in [1.165, 1.54) is 0 Å². The van der Waals surface area contributed by atoms with Crippen LogP contribution < -0.4 is 5.32 Å². The van der Waals surface area contributed by atoms with Crippen LogP contribution in [0.25, 0.3) is 0 Å². The molecule has 1 aromatic rings. The molecule has 1 N–H and O–H groups in total. The molecule has 1 rings (SSSR count). The first-order valence-corrected chi connectivity index (χ1v) is 6.07. The first-order valence-electron chi connectivity index (χ1n) is 6.07. The third-order valence-corrected chi connectivity index (χ3v) is 2.38. The molecule has 0 spiro atoms. The first kappa shape index (κ1) is 14.7. The van der Waals surface area contributed by atoms with E-state index in [4.69, 9.17) is 9.47 Å². The number of amides is 1. The van der Waals surface area contributed by atoms with Crippen molar-refractivity contribution in [2.45, 2.75) is 19.9 Å². The second-order valence-corrected chi connectivity index (χ2v) is 3.90. The van der Waals surface area contributed by atoms with E-state index in [2.05, 4.69) is 10.3 Å². The Kier molecular flexibility index (Phi) is 7.05. The van der Waals surface area contributed by atoms with Crippen LogP contribution >= 0.6 is 0 Å². The van der Waals surface area contributed by atoms with Crippen LogP contribution in [-0.4, -0.2) is 48.9 Å². The quantitative estimate of drug-likeness (QED) is 0.647. The van der Waals surface area contributed by atoms with Crippen LogP contribution in [0.4, 0.5) is 0 Å². The molecule has 18 heavy (non-hydrogen) atoms. The van der Waals surface area contributed by atoms with Gasteiger partial charge in [0, 0.05) is 26.2 Å². The van der Waals surface area contributed by atoms with Gasteiger partial charge >= 0.3 is 0 Å². The topological polar surface area (TPSA) is 65.4 Å². The number of carbonyl (C=O) groups excluding carboxylic acids is 1. The number of hydrogen-bond donors (Lipinski definition) is 1. The molecular formula is C12H21N3O3. The number of aromatic nitrogens is 2. The average molecular weight is 255 g/mol. The van der Waals surface area contributed by atoms with Crippen molar-refractivity contribution in [2.75, 3.05) is 33.5 Å². The standard InChI is InChI=1S/C12H21N3O3/c1-11-9-15(10-14-11)4-6-18-8-7-17-5-3-12(16)13-2/h9-10H,3-8H2,1-2H3,(H,13,16). The van der Waals surface area contributed by atoms with Gasteiger partial charge in [-0.3, -0.25) is 4.79 Å². The van der Waals surface area contributed by atoms with E-state index in [1.807, 2.05) is 17.7 Å². The Balaban J connectivity index is 1.88. The molecule has 0 aliphatic carbocycles. The number of hydrogen-bond acceptors (Lipinski definition) is 4. The van der Waals surface area contributed by atoms with Crippen molar-refractivity contribution in [1.29, 1.82) is 0 Å². The van der Waals surface area contributed by atoms with Gasteiger partial charge in [-0.05, 0) is 6.92 Å². The summed E-state index contributed by atoms with van der Waals surface area (Å²) in [5.41, 5.74) is 1.01. The normalized spacial score (nSPS) is 10.6. The maximum atomic E-state index is 10.9. The van der Waals surface area contributed by atoms with Crippen LogP contribution in [0.2, 0.25) is 0 Å². The molecule has 0 atom stereocenters. The van der Waals surface area contributed by atoms with Crippen LogP contribution in [-0.2, 0) is 20.8 Å². The lowest BCUT2D eigenvalue weighted by Gasteiger charge is -2.06. The van der Waals surface area contributed by atoms with Crippen molar-refractivity contribution < 1.29 is 14.3 Å². The Morgan fingerprint density at radius 1 is 1.33 bits per heavy atom. The molecule has 0 aliphatic heterocycles. The summed E-state index contributed by atoms with van der Waals surface area (Å²) in [5.74, 6) is -0.00797. The van der Waals surface area contributed by atoms with Crippen molar-refractivity contribution in [3.63, 3.8) is 0 Å². The van der Waals surface area contributed by atoms with Crippen molar-refractivity contribution in [3.05, 3.63) is 18.2 Å². The van der Waals surface area contributed by atoms with Crippen LogP contribution in [0.5, 0.6) is 0 Å². The van der Waals surface area contributed by atoms with E-state index < -0.39 is 0 Å². The Morgan fingerprint density at radius 3 is 2.67 bits per heavy atom. The highest BCUT2D eigenvalue weighted by molar-refractivity contribution is 5.75. The number of imidazole rings is 1. The monoisotopic (exact) mass is 255 g/mol. The van der Waals surface area contributed by atoms with Crippen LogP contribution in [0.1, 0.15) is 12.1 Å². The number of rotatable bonds is 9. The fourth-order valence-corrected chi connectivity index (χ4v) is 1.38. The maximum absolute atomic E-state index is 10.9. The van der Waals surface area contributed by atoms with E-state index >= 15 is 0 Å². The van der Waals surface area contributed by atoms with Crippen LogP contribution in [0.3, 0.4) is 0 Å². The summed E-state index contributed by atoms with van der Waals surface area (Å²) in [5, 5.41) is 2.54. The van der Waals surface area contributed by atoms with Crippen molar-refractivity contribution >= 4 is 5.91 Å². The zero-order chi connectivity index (χ0) is 13.2. The minimum Gasteiger partial charge on any atom is -0.379 e. The summed E-state index contributed by atoms with van der Waals surface area (Å²) < 4.78 is 12.7. The molecule has 1 heterocycles. The van der Waals surface area contributed by atoms with Crippen LogP contribution in [0, 0.1) is 6.92 Å². The number of aryl methyl sites for hydroxylation is 1. The average Bonchev–Trinajstić information content (AvgIpc) is 2.78. The van der Waals surface area contributed by atoms with E-state index in [9.17, 15) is 4.79 Å². The lowest BCUT2D eigenvalue weighted by molar-refractivity contribution is -0.121. The highest BCUT2D eigenvalue weighted by Gasteiger charge is 1.97. The molecule has 0 saturated carbocycles. The zero-order valence-electron chi connectivity index (χ0n) is 11.0. The van der Waals surface area contributed by atoms with E-state index in [0.29, 0.717) is 32.8 Å². The second-order valence-electron chi connectivity index (χ2n) is 3.90. The minimum atomic E-state index is -0.00797. The van der Waals surface area contributed by atoms with E-state index in [-0.39, 0.29) is 5.91 Å². The molecule has 0 unspecified atom stereocenters. The molecule has 0 saturated heterocycles. The third kappa shape index (κ3) is 6.36. The summed E-state index contributed by atoms with van der Waals surface area (Å²) in [6.07, 6.45) is 4.16. The van der Waals surface area contributed by atoms with Crippen molar-refractivity contribution in [2.24, 2.45) is 0 Å². The van der Waals surface area contributed by atoms with Gasteiger partial charge in [-0.1, -0.05) is 0 Å². The Morgan fingerprint density at radius 2 is 2.06 bits per heavy atom. The fraction of sp³-hybridized carbons (Fsp3) is 0.667. The fourth-order valence-electron chi connectivity index (χ4n) is 1.38. The number of ether oxygens (including phenoxy) is 2. The molecule has 6 heteroatoms. The largest absolute Gasteiger partial charge is 0.379 e. The zero-order valence-corrected chi connectivity index (χ0v) is 11.0. The first-order chi connectivity index (χ1) is 8.72. The van der Waals surface area contributed by atoms with Gasteiger partial charge < -0.3 is 19.4 Å². The number of carbonyl (C=O) groups is 1. The molecule has 1 aromatic heterocycles. The van der Waals surface area contributed by atoms with Gasteiger partial charge in [-0.2, -0.15) is 0 Å². The third-order valence-electron chi connectivity index (χ3n) is 2.38. The lowest BCUT2D eigenvalue weighted by Crippen LogP contribution is -2.20. The molecule has 0 aliphatic rings. The van der Waals surface area contributed by atoms with Crippen molar-refractivity contribution in [3.8, 4) is 0 Å². The smallest absolute Gasteiger partial charge is 0.222 e. The van der Waals surface area contributed by atoms with E-state index in [1.54, 1.807) is 13.4 Å². The van der Waals surface area contributed by atoms with Gasteiger partial charge in [0.15, 0.2) is 0 Å². The van der Waals surface area contributed by atoms with Gasteiger partial charge in [0.25, 0.3) is 0 Å². The predicted octanol–water partition coefficient (Wildman–Crippen LogP) is 0.361. The second kappa shape index (κ2) is 8.66. The number of nitrogens with one attached hydrogen (secondary N) is 1. The maximum Gasteiger partial charge on any atom is 0.222 e. The molecule has 6 nitrogen and oxygen atoms in total. The Labute approximate surface area is 107 Å². The molecule has 0 aromatic carbocycles. The SMILES string of the molecule is CNC(=O)CCOCCOCCn1cnc(C)c1. The highest BCUT2D eigenvalue weighted by atomic mass is 16.5. The van der Waals surface area contributed by atoms with Gasteiger partial charge in [0.05, 0.1) is 38.4 Å². The highest BCUT2D eigenvalue weighted by Crippen LogP contribution is 1.93. The molecule has 0 radical (unpaired) electrons. The summed E-state index contributed by atoms with van der Waals surface area (Å²) in [6.45, 7) is 4.87. The molecule has 102 valence electrons. The molecular weight excluding hydrogens is 234 g/mol. The van der Waals surface area contributed by atoms with Gasteiger partial charge in [0.2, 0.25) is 5.91 Å². The summed E-state index contributed by atoms with van der Waals surface area (Å²) in [7, 11) is 1.61. The Bertz CT molecular complexity index is 352. The van der Waals surface area contributed by atoms with Gasteiger partial charge in [-0.25, -0.2) is 4.98 Å². The van der Waals surface area contributed by atoms with E-state index in [0.717, 1.165) is 12.2 Å². The van der Waals surface area contributed by atoms with Gasteiger partial charge in [-0.15, -0.1) is 0 Å². The molecule has 0 bridgehead atoms. The lowest BCUT2D eigenvalue weighted by atomic mass is 10.4. The summed E-state index contributed by atoms with van der Waals surface area (Å²) in [4.78, 5) is 15.0. The van der Waals surface area contributed by atoms with Crippen molar-refractivity contribution in [1.82, 2.24) is 14.9 Å². The molecule has 0 fully saturated rings. The minimum absolute atomic E-state index is 0.00797. The molecule has 1 amide bonds. The van der Waals surface area contributed by atoms with Gasteiger partial charge in [0.1, 0.15) is 0 Å². The van der Waals surface area contributed by atoms with Crippen LogP contribution in [0.15, 0.2) is 12.5 Å². The number of nitrogens with zero attached hydrogens (tertiary/aromatic N) is 2.